The summed E-state index contributed by atoms with van der Waals surface area (Å²) in [4.78, 5) is 16.2. The maximum absolute atomic E-state index is 12.4. The molecule has 0 saturated heterocycles. The maximum Gasteiger partial charge on any atom is 0.271 e. The first-order valence-electron chi connectivity index (χ1n) is 7.71. The molecule has 2 aromatic rings. The molecular formula is C19H22N4O. The normalized spacial score (nSPS) is 11.3. The maximum atomic E-state index is 12.4. The van der Waals surface area contributed by atoms with Gasteiger partial charge in [-0.05, 0) is 18.1 Å². The highest BCUT2D eigenvalue weighted by molar-refractivity contribution is 6.19. The van der Waals surface area contributed by atoms with Gasteiger partial charge in [-0.2, -0.15) is 0 Å². The molecule has 5 heteroatoms. The summed E-state index contributed by atoms with van der Waals surface area (Å²) < 4.78 is 0. The highest BCUT2D eigenvalue weighted by atomic mass is 16.2. The highest BCUT2D eigenvalue weighted by Gasteiger charge is 2.11. The van der Waals surface area contributed by atoms with Crippen molar-refractivity contribution in [2.24, 2.45) is 4.99 Å². The van der Waals surface area contributed by atoms with E-state index in [4.69, 9.17) is 0 Å². The summed E-state index contributed by atoms with van der Waals surface area (Å²) >= 11 is 0. The minimum absolute atomic E-state index is 0.237. The number of hydrogen-bond acceptors (Lipinski definition) is 3. The molecule has 2 rings (SSSR count). The molecule has 0 fully saturated rings. The van der Waals surface area contributed by atoms with E-state index in [1.807, 2.05) is 61.5 Å². The van der Waals surface area contributed by atoms with E-state index in [0.717, 1.165) is 16.7 Å². The number of aliphatic imine (C=N–C) groups is 1. The van der Waals surface area contributed by atoms with Crippen molar-refractivity contribution in [3.05, 3.63) is 77.5 Å². The molecule has 1 amide bonds. The van der Waals surface area contributed by atoms with Crippen molar-refractivity contribution in [3.63, 3.8) is 0 Å². The average Bonchev–Trinajstić information content (AvgIpc) is 2.61. The van der Waals surface area contributed by atoms with Gasteiger partial charge in [0.15, 0.2) is 0 Å². The van der Waals surface area contributed by atoms with Gasteiger partial charge in [0.1, 0.15) is 6.34 Å². The van der Waals surface area contributed by atoms with Gasteiger partial charge in [0.2, 0.25) is 0 Å². The topological polar surface area (TPSA) is 65.5 Å². The van der Waals surface area contributed by atoms with Crippen LogP contribution >= 0.6 is 0 Å². The van der Waals surface area contributed by atoms with Crippen LogP contribution in [0.5, 0.6) is 0 Å². The molecule has 2 aromatic carbocycles. The Kier molecular flexibility index (Phi) is 6.58. The van der Waals surface area contributed by atoms with E-state index < -0.39 is 0 Å². The van der Waals surface area contributed by atoms with Crippen LogP contribution < -0.4 is 16.2 Å². The Bertz CT molecular complexity index is 706. The summed E-state index contributed by atoms with van der Waals surface area (Å²) in [5, 5.41) is 3.20. The van der Waals surface area contributed by atoms with Crippen molar-refractivity contribution >= 4 is 17.8 Å². The minimum Gasteiger partial charge on any atom is -0.386 e. The third-order valence-electron chi connectivity index (χ3n) is 3.38. The Morgan fingerprint density at radius 2 is 1.79 bits per heavy atom. The standard InChI is InChI=1S/C19H22N4O/c1-15-8-10-17(11-9-15)18(19(24)23-22-14-20-2)13-21-12-16-6-4-3-5-7-16/h3-11,13-14,21H,12H2,1-2H3,(H,20,22)(H,23,24)/b18-13-. The summed E-state index contributed by atoms with van der Waals surface area (Å²) in [5.41, 5.74) is 8.92. The Balaban J connectivity index is 2.13. The van der Waals surface area contributed by atoms with E-state index in [1.165, 1.54) is 6.34 Å². The van der Waals surface area contributed by atoms with Crippen molar-refractivity contribution in [1.29, 1.82) is 0 Å². The van der Waals surface area contributed by atoms with Crippen molar-refractivity contribution < 1.29 is 4.79 Å². The summed E-state index contributed by atoms with van der Waals surface area (Å²) in [6.45, 7) is 2.66. The van der Waals surface area contributed by atoms with Crippen LogP contribution in [0, 0.1) is 6.92 Å². The summed E-state index contributed by atoms with van der Waals surface area (Å²) in [5.74, 6) is -0.237. The number of nitrogens with zero attached hydrogens (tertiary/aromatic N) is 1. The number of amides is 1. The quantitative estimate of drug-likeness (QED) is 0.317. The van der Waals surface area contributed by atoms with Crippen LogP contribution in [0.4, 0.5) is 0 Å². The van der Waals surface area contributed by atoms with Crippen molar-refractivity contribution in [3.8, 4) is 0 Å². The van der Waals surface area contributed by atoms with Crippen molar-refractivity contribution in [2.45, 2.75) is 13.5 Å². The summed E-state index contributed by atoms with van der Waals surface area (Å²) in [6.07, 6.45) is 3.15. The molecule has 0 unspecified atom stereocenters. The zero-order chi connectivity index (χ0) is 17.2. The van der Waals surface area contributed by atoms with Gasteiger partial charge in [0.05, 0.1) is 5.57 Å². The smallest absolute Gasteiger partial charge is 0.271 e. The molecule has 0 bridgehead atoms. The summed E-state index contributed by atoms with van der Waals surface area (Å²) in [7, 11) is 1.62. The van der Waals surface area contributed by atoms with Gasteiger partial charge in [-0.25, -0.2) is 0 Å². The third-order valence-corrected chi connectivity index (χ3v) is 3.38. The van der Waals surface area contributed by atoms with Crippen LogP contribution in [-0.2, 0) is 11.3 Å². The number of carbonyl (C=O) groups excluding carboxylic acids is 1. The Morgan fingerprint density at radius 3 is 2.46 bits per heavy atom. The Hall–Kier alpha value is -3.08. The lowest BCUT2D eigenvalue weighted by atomic mass is 10.0. The van der Waals surface area contributed by atoms with Gasteiger partial charge in [-0.3, -0.25) is 20.6 Å². The van der Waals surface area contributed by atoms with Gasteiger partial charge < -0.3 is 5.32 Å². The van der Waals surface area contributed by atoms with Crippen LogP contribution in [0.2, 0.25) is 0 Å². The second-order valence-electron chi connectivity index (χ2n) is 5.28. The minimum atomic E-state index is -0.237. The van der Waals surface area contributed by atoms with Crippen LogP contribution in [0.25, 0.3) is 5.57 Å². The predicted octanol–water partition coefficient (Wildman–Crippen LogP) is 2.40. The lowest BCUT2D eigenvalue weighted by molar-refractivity contribution is -0.116. The molecule has 0 aliphatic heterocycles. The van der Waals surface area contributed by atoms with Crippen LogP contribution in [-0.4, -0.2) is 19.3 Å². The molecule has 3 N–H and O–H groups in total. The zero-order valence-corrected chi connectivity index (χ0v) is 13.9. The molecule has 0 atom stereocenters. The van der Waals surface area contributed by atoms with E-state index in [9.17, 15) is 4.79 Å². The van der Waals surface area contributed by atoms with Gasteiger partial charge in [0.25, 0.3) is 5.91 Å². The molecular weight excluding hydrogens is 300 g/mol. The molecule has 124 valence electrons. The number of rotatable bonds is 7. The van der Waals surface area contributed by atoms with E-state index in [0.29, 0.717) is 12.1 Å². The molecule has 0 heterocycles. The van der Waals surface area contributed by atoms with E-state index in [2.05, 4.69) is 21.2 Å². The van der Waals surface area contributed by atoms with Gasteiger partial charge in [-0.15, -0.1) is 0 Å². The number of benzene rings is 2. The molecule has 0 aliphatic carbocycles. The van der Waals surface area contributed by atoms with Crippen LogP contribution in [0.3, 0.4) is 0 Å². The average molecular weight is 322 g/mol. The van der Waals surface area contributed by atoms with E-state index >= 15 is 0 Å². The first-order valence-corrected chi connectivity index (χ1v) is 7.71. The van der Waals surface area contributed by atoms with E-state index in [-0.39, 0.29) is 5.91 Å². The van der Waals surface area contributed by atoms with Crippen LogP contribution in [0.15, 0.2) is 65.8 Å². The monoisotopic (exact) mass is 322 g/mol. The van der Waals surface area contributed by atoms with Gasteiger partial charge >= 0.3 is 0 Å². The van der Waals surface area contributed by atoms with Crippen molar-refractivity contribution in [1.82, 2.24) is 16.2 Å². The zero-order valence-electron chi connectivity index (χ0n) is 13.9. The Morgan fingerprint density at radius 1 is 1.08 bits per heavy atom. The Labute approximate surface area is 142 Å². The van der Waals surface area contributed by atoms with Crippen LogP contribution in [0.1, 0.15) is 16.7 Å². The fraction of sp³-hybridized carbons (Fsp3) is 0.158. The summed E-state index contributed by atoms with van der Waals surface area (Å²) in [6, 6.07) is 17.8. The lowest BCUT2D eigenvalue weighted by Crippen LogP contribution is -2.37. The highest BCUT2D eigenvalue weighted by Crippen LogP contribution is 2.15. The molecule has 24 heavy (non-hydrogen) atoms. The number of hydrogen-bond donors (Lipinski definition) is 3. The largest absolute Gasteiger partial charge is 0.386 e. The molecule has 0 spiro atoms. The molecule has 5 nitrogen and oxygen atoms in total. The van der Waals surface area contributed by atoms with E-state index in [1.54, 1.807) is 13.2 Å². The number of aryl methyl sites for hydroxylation is 1. The number of carbonyl (C=O) groups is 1. The first kappa shape index (κ1) is 17.3. The second kappa shape index (κ2) is 9.15. The molecule has 0 aromatic heterocycles. The second-order valence-corrected chi connectivity index (χ2v) is 5.28. The first-order chi connectivity index (χ1) is 11.7. The number of hydrazine groups is 1. The van der Waals surface area contributed by atoms with Crippen molar-refractivity contribution in [2.75, 3.05) is 7.05 Å². The third kappa shape index (κ3) is 5.28. The molecule has 0 saturated carbocycles. The fourth-order valence-corrected chi connectivity index (χ4v) is 2.11. The molecule has 0 radical (unpaired) electrons. The fourth-order valence-electron chi connectivity index (χ4n) is 2.11. The number of nitrogens with one attached hydrogen (secondary N) is 3. The van der Waals surface area contributed by atoms with Gasteiger partial charge in [-0.1, -0.05) is 60.2 Å². The van der Waals surface area contributed by atoms with Gasteiger partial charge in [0, 0.05) is 19.8 Å². The molecule has 0 aliphatic rings. The lowest BCUT2D eigenvalue weighted by Gasteiger charge is -2.10. The SMILES string of the molecule is CN=CNNC(=O)/C(=C\NCc1ccccc1)c1ccc(C)cc1. The predicted molar refractivity (Wildman–Crippen MR) is 98.1 cm³/mol.